The van der Waals surface area contributed by atoms with Crippen molar-refractivity contribution in [2.75, 3.05) is 20.1 Å². The van der Waals surface area contributed by atoms with E-state index in [1.54, 1.807) is 20.8 Å². The van der Waals surface area contributed by atoms with E-state index >= 15 is 0 Å². The number of rotatable bonds is 5. The molecule has 1 N–H and O–H groups in total. The third-order valence-electron chi connectivity index (χ3n) is 4.75. The van der Waals surface area contributed by atoms with Crippen LogP contribution in [0.15, 0.2) is 12.2 Å². The van der Waals surface area contributed by atoms with Crippen LogP contribution in [0.4, 0.5) is 92.2 Å². The van der Waals surface area contributed by atoms with E-state index in [0.29, 0.717) is 0 Å². The van der Waals surface area contributed by atoms with Gasteiger partial charge in [-0.25, -0.2) is 27.2 Å². The Balaban J connectivity index is -0.000000139. The number of carbonyl (C=O) groups excluding carboxylic acids is 3. The average molecular weight is 885 g/mol. The van der Waals surface area contributed by atoms with E-state index in [0.717, 1.165) is 6.08 Å². The minimum absolute atomic E-state index is 0.0367. The number of alkyl halides is 18. The molecular weight excluding hydrogens is 843 g/mol. The Kier molecular flexibility index (Phi) is 27.6. The van der Waals surface area contributed by atoms with Crippen LogP contribution in [0.3, 0.4) is 0 Å². The van der Waals surface area contributed by atoms with Crippen molar-refractivity contribution in [1.29, 1.82) is 0 Å². The molecule has 0 saturated heterocycles. The molecule has 0 radical (unpaired) electrons. The first-order valence-electron chi connectivity index (χ1n) is 14.3. The molecule has 340 valence electrons. The van der Waals surface area contributed by atoms with Gasteiger partial charge in [-0.3, -0.25) is 4.79 Å². The van der Waals surface area contributed by atoms with Crippen molar-refractivity contribution in [1.82, 2.24) is 0 Å². The molecule has 0 amide bonds. The first kappa shape index (κ1) is 64.7. The smallest absolute Gasteiger partial charge is 0.452 e. The van der Waals surface area contributed by atoms with Gasteiger partial charge in [0.1, 0.15) is 0 Å². The maximum Gasteiger partial charge on any atom is 0.452 e. The highest BCUT2D eigenvalue weighted by atomic mass is 19.4. The van der Waals surface area contributed by atoms with E-state index in [1.807, 2.05) is 20.8 Å². The summed E-state index contributed by atoms with van der Waals surface area (Å²) in [5.74, 6) is -8.74. The second-order valence-corrected chi connectivity index (χ2v) is 13.1. The lowest BCUT2D eigenvalue weighted by molar-refractivity contribution is -0.273. The van der Waals surface area contributed by atoms with Crippen LogP contribution in [-0.4, -0.2) is 90.8 Å². The van der Waals surface area contributed by atoms with Gasteiger partial charge in [-0.15, -0.1) is 0 Å². The maximum atomic E-state index is 13.0. The zero-order valence-corrected chi connectivity index (χ0v) is 31.1. The van der Waals surface area contributed by atoms with Crippen molar-refractivity contribution in [3.8, 4) is 0 Å². The molecule has 3 atom stereocenters. The normalized spacial score (nSPS) is 15.4. The van der Waals surface area contributed by atoms with Gasteiger partial charge in [-0.05, 0) is 44.6 Å². The van der Waals surface area contributed by atoms with Crippen LogP contribution in [0.5, 0.6) is 0 Å². The third kappa shape index (κ3) is 30.0. The number of hydrogen-bond acceptors (Lipinski definition) is 6. The first-order chi connectivity index (χ1) is 23.9. The number of aliphatic hydroxyl groups is 1. The molecule has 3 unspecified atom stereocenters. The van der Waals surface area contributed by atoms with Gasteiger partial charge in [0.05, 0.1) is 6.61 Å². The second kappa shape index (κ2) is 23.9. The van der Waals surface area contributed by atoms with Crippen molar-refractivity contribution in [3.05, 3.63) is 12.2 Å². The molecule has 0 aromatic rings. The fourth-order valence-electron chi connectivity index (χ4n) is 0.946. The largest absolute Gasteiger partial charge is 0.463 e. The Hall–Kier alpha value is -3.16. The van der Waals surface area contributed by atoms with Crippen LogP contribution in [0.1, 0.15) is 76.2 Å². The highest BCUT2D eigenvalue weighted by Crippen LogP contribution is 2.37. The molecule has 56 heavy (non-hydrogen) atoms. The van der Waals surface area contributed by atoms with Gasteiger partial charge < -0.3 is 14.6 Å². The summed E-state index contributed by atoms with van der Waals surface area (Å²) in [6.07, 6.45) is -22.4. The predicted molar refractivity (Wildman–Crippen MR) is 154 cm³/mol. The average Bonchev–Trinajstić information content (AvgIpc) is 2.94. The number of hydrogen-bond donors (Lipinski definition) is 1. The van der Waals surface area contributed by atoms with Crippen LogP contribution >= 0.6 is 0 Å². The maximum absolute atomic E-state index is 13.0. The lowest BCUT2D eigenvalue weighted by Gasteiger charge is -2.24. The summed E-state index contributed by atoms with van der Waals surface area (Å²) in [5.41, 5.74) is -12.9. The van der Waals surface area contributed by atoms with Gasteiger partial charge in [0.2, 0.25) is 6.86 Å². The highest BCUT2D eigenvalue weighted by molar-refractivity contribution is 5.80. The summed E-state index contributed by atoms with van der Waals surface area (Å²) >= 11 is 0. The summed E-state index contributed by atoms with van der Waals surface area (Å²) in [6, 6.07) is -3.03. The Morgan fingerprint density at radius 2 is 0.732 bits per heavy atom. The Bertz CT molecular complexity index is 1150. The van der Waals surface area contributed by atoms with E-state index in [-0.39, 0.29) is 46.3 Å². The molecule has 0 fully saturated rings. The molecule has 0 heterocycles. The Labute approximate surface area is 306 Å². The van der Waals surface area contributed by atoms with Gasteiger partial charge in [-0.2, -0.15) is 74.6 Å². The minimum atomic E-state index is -5.47. The number of carbonyl (C=O) groups is 3. The molecule has 0 spiro atoms. The van der Waals surface area contributed by atoms with E-state index in [2.05, 4.69) is 9.47 Å². The zero-order chi connectivity index (χ0) is 47.6. The number of esters is 2. The standard InChI is InChI=1S/C9H14F4O2.C5H5F5O2.C5H12O.C4H3F5O.C3H3F5.C3H4F2/c1-7(2,3)5-15-6(14)8(4,10)9(11,12)13;1-4(7,5(8,9)10)3(11)12-2-6;1-5(2,3)4-6;1-3(6,2(5)10)4(7,8)9;1-2(4,5)3(6,7)8;1-2-3(4)5/h5H2,1-4H3;2H2,1H3;6H,4H2,1-3H3;1H3;1H3;2H,1H3. The van der Waals surface area contributed by atoms with E-state index in [1.165, 1.54) is 6.92 Å². The topological polar surface area (TPSA) is 89.9 Å². The predicted octanol–water partition coefficient (Wildman–Crippen LogP) is 11.4. The van der Waals surface area contributed by atoms with Crippen molar-refractivity contribution < 1.29 is 121 Å². The lowest BCUT2D eigenvalue weighted by atomic mass is 9.98. The molecule has 0 aliphatic heterocycles. The van der Waals surface area contributed by atoms with Gasteiger partial charge >= 0.3 is 48.6 Å². The Morgan fingerprint density at radius 1 is 0.500 bits per heavy atom. The summed E-state index contributed by atoms with van der Waals surface area (Å²) in [4.78, 5) is 30.3. The second-order valence-electron chi connectivity index (χ2n) is 13.1. The van der Waals surface area contributed by atoms with Crippen LogP contribution in [0.25, 0.3) is 0 Å². The van der Waals surface area contributed by atoms with E-state index < -0.39 is 84.0 Å². The molecule has 27 heteroatoms. The zero-order valence-electron chi connectivity index (χ0n) is 31.1. The van der Waals surface area contributed by atoms with Crippen LogP contribution in [0.2, 0.25) is 0 Å². The quantitative estimate of drug-likeness (QED) is 0.168. The van der Waals surface area contributed by atoms with Gasteiger partial charge in [0, 0.05) is 13.5 Å². The van der Waals surface area contributed by atoms with Crippen molar-refractivity contribution in [2.45, 2.75) is 124 Å². The number of allylic oxidation sites excluding steroid dienone is 1. The monoisotopic (exact) mass is 884 g/mol. The van der Waals surface area contributed by atoms with Crippen LogP contribution in [0, 0.1) is 10.8 Å². The van der Waals surface area contributed by atoms with E-state index in [9.17, 15) is 107 Å². The molecule has 0 bridgehead atoms. The summed E-state index contributed by atoms with van der Waals surface area (Å²) in [7, 11) is 0. The molecule has 0 aromatic carbocycles. The fraction of sp³-hybridized carbons (Fsp3) is 0.828. The molecule has 0 aliphatic carbocycles. The molecular formula is C29H41F21O6. The summed E-state index contributed by atoms with van der Waals surface area (Å²) < 4.78 is 248. The van der Waals surface area contributed by atoms with E-state index in [4.69, 9.17) is 5.11 Å². The number of ether oxygens (including phenoxy) is 2. The van der Waals surface area contributed by atoms with Crippen LogP contribution < -0.4 is 0 Å². The fourth-order valence-corrected chi connectivity index (χ4v) is 0.946. The third-order valence-corrected chi connectivity index (χ3v) is 4.75. The lowest BCUT2D eigenvalue weighted by Crippen LogP contribution is -2.47. The first-order valence-corrected chi connectivity index (χ1v) is 14.3. The minimum Gasteiger partial charge on any atom is -0.463 e. The van der Waals surface area contributed by atoms with Gasteiger partial charge in [0.15, 0.2) is 0 Å². The Morgan fingerprint density at radius 3 is 0.839 bits per heavy atom. The van der Waals surface area contributed by atoms with Crippen LogP contribution in [-0.2, 0) is 23.9 Å². The van der Waals surface area contributed by atoms with Crippen molar-refractivity contribution in [2.24, 2.45) is 10.8 Å². The van der Waals surface area contributed by atoms with Gasteiger partial charge in [-0.1, -0.05) is 41.5 Å². The highest BCUT2D eigenvalue weighted by Gasteiger charge is 2.61. The molecule has 0 aliphatic rings. The van der Waals surface area contributed by atoms with Gasteiger partial charge in [0.25, 0.3) is 23.1 Å². The molecule has 6 nitrogen and oxygen atoms in total. The molecule has 0 saturated carbocycles. The van der Waals surface area contributed by atoms with Crippen molar-refractivity contribution in [3.63, 3.8) is 0 Å². The number of halogens is 21. The molecule has 0 rings (SSSR count). The number of aliphatic hydroxyl groups excluding tert-OH is 1. The molecule has 0 aromatic heterocycles. The summed E-state index contributed by atoms with van der Waals surface area (Å²) in [5, 5.41) is 8.40. The SMILES string of the molecule is CC(C)(C)CO.CC(C)(C)COC(=O)C(C)(F)C(F)(F)F.CC(F)(C(=O)F)C(F)(F)F.CC(F)(C(=O)OCF)C(F)(F)F.CC(F)(F)C(F)(F)F.CC=C(F)F. The summed E-state index contributed by atoms with van der Waals surface area (Å²) in [6.45, 7) is 10.2. The van der Waals surface area contributed by atoms with Crippen molar-refractivity contribution >= 4 is 18.0 Å².